The summed E-state index contributed by atoms with van der Waals surface area (Å²) in [7, 11) is 0. The molecule has 1 aromatic heterocycles. The van der Waals surface area contributed by atoms with Crippen LogP contribution in [0.5, 0.6) is 5.75 Å². The van der Waals surface area contributed by atoms with Crippen LogP contribution in [0.1, 0.15) is 23.9 Å². The number of ether oxygens (including phenoxy) is 1. The molecular formula is C20H21N3O2S. The second kappa shape index (κ2) is 9.10. The van der Waals surface area contributed by atoms with Crippen molar-refractivity contribution < 1.29 is 9.53 Å². The molecule has 1 N–H and O–H groups in total. The van der Waals surface area contributed by atoms with Gasteiger partial charge < -0.3 is 4.74 Å². The fourth-order valence-electron chi connectivity index (χ4n) is 2.47. The van der Waals surface area contributed by atoms with Gasteiger partial charge in [-0.2, -0.15) is 0 Å². The van der Waals surface area contributed by atoms with Gasteiger partial charge in [0.2, 0.25) is 5.13 Å². The maximum Gasteiger partial charge on any atom is 0.267 e. The van der Waals surface area contributed by atoms with E-state index in [0.717, 1.165) is 17.8 Å². The molecule has 5 nitrogen and oxygen atoms in total. The first-order valence-electron chi connectivity index (χ1n) is 8.63. The normalized spacial score (nSPS) is 11.7. The van der Waals surface area contributed by atoms with Crippen LogP contribution in [-0.4, -0.2) is 22.2 Å². The molecule has 134 valence electrons. The quantitative estimate of drug-likeness (QED) is 0.650. The Bertz CT molecular complexity index is 821. The van der Waals surface area contributed by atoms with Gasteiger partial charge in [0.1, 0.15) is 10.8 Å². The number of para-hydroxylation sites is 1. The van der Waals surface area contributed by atoms with Gasteiger partial charge in [-0.3, -0.25) is 10.1 Å². The molecule has 3 aromatic rings. The minimum atomic E-state index is -0.561. The van der Waals surface area contributed by atoms with Crippen LogP contribution in [0, 0.1) is 0 Å². The number of rotatable bonds is 8. The molecule has 6 heteroatoms. The van der Waals surface area contributed by atoms with E-state index >= 15 is 0 Å². The summed E-state index contributed by atoms with van der Waals surface area (Å²) >= 11 is 1.40. The van der Waals surface area contributed by atoms with E-state index in [9.17, 15) is 4.79 Å². The Morgan fingerprint density at radius 2 is 1.73 bits per heavy atom. The third-order valence-corrected chi connectivity index (χ3v) is 4.75. The van der Waals surface area contributed by atoms with E-state index in [1.165, 1.54) is 16.9 Å². The number of aromatic nitrogens is 2. The van der Waals surface area contributed by atoms with Gasteiger partial charge in [-0.15, -0.1) is 10.2 Å². The molecule has 0 radical (unpaired) electrons. The van der Waals surface area contributed by atoms with Gasteiger partial charge in [0, 0.05) is 6.42 Å². The molecule has 0 fully saturated rings. The summed E-state index contributed by atoms with van der Waals surface area (Å²) in [5, 5.41) is 12.5. The lowest BCUT2D eigenvalue weighted by Crippen LogP contribution is -2.32. The van der Waals surface area contributed by atoms with Crippen molar-refractivity contribution in [3.8, 4) is 5.75 Å². The molecule has 1 unspecified atom stereocenters. The van der Waals surface area contributed by atoms with Gasteiger partial charge in [-0.05, 0) is 30.5 Å². The van der Waals surface area contributed by atoms with E-state index in [-0.39, 0.29) is 5.91 Å². The van der Waals surface area contributed by atoms with Crippen LogP contribution >= 0.6 is 11.3 Å². The van der Waals surface area contributed by atoms with E-state index < -0.39 is 6.10 Å². The molecule has 3 rings (SSSR count). The first-order chi connectivity index (χ1) is 12.7. The fourth-order valence-corrected chi connectivity index (χ4v) is 3.21. The lowest BCUT2D eigenvalue weighted by atomic mass is 10.1. The Balaban J connectivity index is 1.54. The Hall–Kier alpha value is -2.73. The number of hydrogen-bond acceptors (Lipinski definition) is 5. The maximum atomic E-state index is 12.4. The minimum absolute atomic E-state index is 0.206. The van der Waals surface area contributed by atoms with Crippen LogP contribution < -0.4 is 10.1 Å². The van der Waals surface area contributed by atoms with Crippen molar-refractivity contribution >= 4 is 22.4 Å². The Morgan fingerprint density at radius 1 is 1.04 bits per heavy atom. The van der Waals surface area contributed by atoms with Crippen LogP contribution in [0.15, 0.2) is 60.7 Å². The third-order valence-electron chi connectivity index (χ3n) is 3.85. The average molecular weight is 367 g/mol. The summed E-state index contributed by atoms with van der Waals surface area (Å²) in [5.74, 6) is 0.470. The van der Waals surface area contributed by atoms with Gasteiger partial charge in [0.25, 0.3) is 5.91 Å². The van der Waals surface area contributed by atoms with Crippen molar-refractivity contribution in [1.82, 2.24) is 10.2 Å². The van der Waals surface area contributed by atoms with E-state index in [4.69, 9.17) is 4.74 Å². The molecule has 0 bridgehead atoms. The Morgan fingerprint density at radius 3 is 2.42 bits per heavy atom. The molecular weight excluding hydrogens is 346 g/mol. The first-order valence-corrected chi connectivity index (χ1v) is 9.45. The predicted molar refractivity (Wildman–Crippen MR) is 104 cm³/mol. The fraction of sp³-hybridized carbons (Fsp3) is 0.250. The first kappa shape index (κ1) is 18.1. The van der Waals surface area contributed by atoms with Gasteiger partial charge in [-0.1, -0.05) is 66.8 Å². The number of carbonyl (C=O) groups excluding carboxylic acids is 1. The number of nitrogens with zero attached hydrogens (tertiary/aromatic N) is 2. The van der Waals surface area contributed by atoms with Crippen molar-refractivity contribution in [3.05, 3.63) is 71.2 Å². The summed E-state index contributed by atoms with van der Waals surface area (Å²) < 4.78 is 5.75. The third kappa shape index (κ3) is 5.13. The van der Waals surface area contributed by atoms with Crippen molar-refractivity contribution in [2.75, 3.05) is 5.32 Å². The van der Waals surface area contributed by atoms with Gasteiger partial charge >= 0.3 is 0 Å². The highest BCUT2D eigenvalue weighted by molar-refractivity contribution is 7.15. The molecule has 2 aromatic carbocycles. The second-order valence-electron chi connectivity index (χ2n) is 5.80. The molecule has 1 atom stereocenters. The summed E-state index contributed by atoms with van der Waals surface area (Å²) in [4.78, 5) is 12.4. The zero-order valence-electron chi connectivity index (χ0n) is 14.6. The Kier molecular flexibility index (Phi) is 6.33. The molecule has 26 heavy (non-hydrogen) atoms. The number of amides is 1. The number of benzene rings is 2. The smallest absolute Gasteiger partial charge is 0.267 e. The van der Waals surface area contributed by atoms with Gasteiger partial charge in [0.15, 0.2) is 6.10 Å². The SMILES string of the molecule is CCC(Oc1ccccc1)C(=O)Nc1nnc(CCc2ccccc2)s1. The number of anilines is 1. The lowest BCUT2D eigenvalue weighted by molar-refractivity contribution is -0.122. The van der Waals surface area contributed by atoms with Crippen molar-refractivity contribution in [1.29, 1.82) is 0 Å². The molecule has 0 saturated heterocycles. The molecule has 0 aliphatic rings. The zero-order chi connectivity index (χ0) is 18.2. The molecule has 1 heterocycles. The minimum Gasteiger partial charge on any atom is -0.481 e. The predicted octanol–water partition coefficient (Wildman–Crippen LogP) is 4.12. The lowest BCUT2D eigenvalue weighted by Gasteiger charge is -2.16. The number of nitrogens with one attached hydrogen (secondary N) is 1. The number of aryl methyl sites for hydroxylation is 2. The second-order valence-corrected chi connectivity index (χ2v) is 6.87. The van der Waals surface area contributed by atoms with E-state index in [2.05, 4.69) is 27.6 Å². The Labute approximate surface area is 157 Å². The zero-order valence-corrected chi connectivity index (χ0v) is 15.4. The van der Waals surface area contributed by atoms with Crippen LogP contribution in [0.25, 0.3) is 0 Å². The molecule has 0 saturated carbocycles. The topological polar surface area (TPSA) is 64.1 Å². The van der Waals surface area contributed by atoms with Crippen LogP contribution in [0.2, 0.25) is 0 Å². The molecule has 1 amide bonds. The van der Waals surface area contributed by atoms with Gasteiger partial charge in [-0.25, -0.2) is 0 Å². The highest BCUT2D eigenvalue weighted by atomic mass is 32.1. The molecule has 0 spiro atoms. The van der Waals surface area contributed by atoms with Gasteiger partial charge in [0.05, 0.1) is 0 Å². The van der Waals surface area contributed by atoms with Crippen LogP contribution in [-0.2, 0) is 17.6 Å². The number of hydrogen-bond donors (Lipinski definition) is 1. The highest BCUT2D eigenvalue weighted by Gasteiger charge is 2.20. The monoisotopic (exact) mass is 367 g/mol. The van der Waals surface area contributed by atoms with E-state index in [1.807, 2.05) is 55.5 Å². The summed E-state index contributed by atoms with van der Waals surface area (Å²) in [5.41, 5.74) is 1.26. The average Bonchev–Trinajstić information content (AvgIpc) is 3.13. The van der Waals surface area contributed by atoms with Crippen molar-refractivity contribution in [2.45, 2.75) is 32.3 Å². The standard InChI is InChI=1S/C20H21N3O2S/c1-2-17(25-16-11-7-4-8-12-16)19(24)21-20-23-22-18(26-20)14-13-15-9-5-3-6-10-15/h3-12,17H,2,13-14H2,1H3,(H,21,23,24). The van der Waals surface area contributed by atoms with Crippen LogP contribution in [0.3, 0.4) is 0 Å². The molecule has 0 aliphatic heterocycles. The van der Waals surface area contributed by atoms with Crippen LogP contribution in [0.4, 0.5) is 5.13 Å². The summed E-state index contributed by atoms with van der Waals surface area (Å²) in [6.07, 6.45) is 1.71. The van der Waals surface area contributed by atoms with E-state index in [0.29, 0.717) is 17.3 Å². The highest BCUT2D eigenvalue weighted by Crippen LogP contribution is 2.19. The maximum absolute atomic E-state index is 12.4. The summed E-state index contributed by atoms with van der Waals surface area (Å²) in [6.45, 7) is 1.92. The van der Waals surface area contributed by atoms with Crippen molar-refractivity contribution in [3.63, 3.8) is 0 Å². The van der Waals surface area contributed by atoms with Crippen molar-refractivity contribution in [2.24, 2.45) is 0 Å². The largest absolute Gasteiger partial charge is 0.481 e. The molecule has 0 aliphatic carbocycles. The summed E-state index contributed by atoms with van der Waals surface area (Å²) in [6, 6.07) is 19.6. The van der Waals surface area contributed by atoms with E-state index in [1.54, 1.807) is 0 Å². The number of carbonyl (C=O) groups is 1.